The van der Waals surface area contributed by atoms with E-state index in [0.29, 0.717) is 11.3 Å². The molecule has 0 aromatic carbocycles. The van der Waals surface area contributed by atoms with Crippen LogP contribution in [0, 0.1) is 0 Å². The lowest BCUT2D eigenvalue weighted by Crippen LogP contribution is -2.21. The van der Waals surface area contributed by atoms with E-state index in [1.165, 1.54) is 43.8 Å². The van der Waals surface area contributed by atoms with Crippen LogP contribution in [0.3, 0.4) is 0 Å². The molecule has 0 spiro atoms. The van der Waals surface area contributed by atoms with Crippen LogP contribution in [0.1, 0.15) is 64.2 Å². The van der Waals surface area contributed by atoms with Gasteiger partial charge in [-0.2, -0.15) is 0 Å². The van der Waals surface area contributed by atoms with Crippen LogP contribution in [0.2, 0.25) is 0 Å². The standard InChI is InChI=1S/C18H27OP/c19-20(16-10-4-1-5-11-16,17-12-6-2-7-13-17)18-14-8-3-9-15-18/h4,6,10,12,14,16-17H,1-3,5,7-9,11,13,15H2. The van der Waals surface area contributed by atoms with Gasteiger partial charge >= 0.3 is 0 Å². The fourth-order valence-electron chi connectivity index (χ4n) is 4.04. The van der Waals surface area contributed by atoms with E-state index in [2.05, 4.69) is 30.4 Å². The van der Waals surface area contributed by atoms with Crippen molar-refractivity contribution in [2.75, 3.05) is 0 Å². The van der Waals surface area contributed by atoms with Gasteiger partial charge in [-0.05, 0) is 69.5 Å². The Labute approximate surface area is 123 Å². The van der Waals surface area contributed by atoms with Crippen molar-refractivity contribution in [1.82, 2.24) is 0 Å². The Morgan fingerprint density at radius 1 is 0.850 bits per heavy atom. The highest BCUT2D eigenvalue weighted by Crippen LogP contribution is 2.67. The lowest BCUT2D eigenvalue weighted by Gasteiger charge is -2.37. The molecule has 2 unspecified atom stereocenters. The highest BCUT2D eigenvalue weighted by atomic mass is 31.2. The van der Waals surface area contributed by atoms with Crippen molar-refractivity contribution >= 4 is 7.14 Å². The molecular weight excluding hydrogens is 263 g/mol. The minimum atomic E-state index is -2.26. The molecule has 0 N–H and O–H groups in total. The zero-order valence-electron chi connectivity index (χ0n) is 12.5. The molecule has 20 heavy (non-hydrogen) atoms. The molecule has 0 aromatic rings. The van der Waals surface area contributed by atoms with Crippen molar-refractivity contribution in [3.05, 3.63) is 35.7 Å². The van der Waals surface area contributed by atoms with Crippen LogP contribution in [0.5, 0.6) is 0 Å². The average molecular weight is 290 g/mol. The zero-order chi connectivity index (χ0) is 13.8. The van der Waals surface area contributed by atoms with Crippen molar-refractivity contribution in [2.24, 2.45) is 0 Å². The molecule has 0 saturated heterocycles. The fourth-order valence-corrected chi connectivity index (χ4v) is 8.19. The summed E-state index contributed by atoms with van der Waals surface area (Å²) < 4.78 is 14.1. The molecule has 3 rings (SSSR count). The zero-order valence-corrected chi connectivity index (χ0v) is 13.4. The molecule has 0 saturated carbocycles. The third kappa shape index (κ3) is 2.75. The molecular formula is C18H27OP. The number of allylic oxidation sites excluding steroid dienone is 6. The summed E-state index contributed by atoms with van der Waals surface area (Å²) in [5.74, 6) is 0. The minimum absolute atomic E-state index is 0.327. The summed E-state index contributed by atoms with van der Waals surface area (Å²) in [5.41, 5.74) is 0.654. The van der Waals surface area contributed by atoms with Gasteiger partial charge in [0.05, 0.1) is 0 Å². The molecule has 1 nitrogen and oxygen atoms in total. The highest BCUT2D eigenvalue weighted by molar-refractivity contribution is 7.70. The monoisotopic (exact) mass is 290 g/mol. The Balaban J connectivity index is 1.96. The second kappa shape index (κ2) is 6.48. The Kier molecular flexibility index (Phi) is 4.66. The molecule has 110 valence electrons. The van der Waals surface area contributed by atoms with Crippen LogP contribution in [-0.2, 0) is 4.57 Å². The van der Waals surface area contributed by atoms with Crippen molar-refractivity contribution in [3.63, 3.8) is 0 Å². The van der Waals surface area contributed by atoms with Gasteiger partial charge in [0, 0.05) is 11.3 Å². The smallest absolute Gasteiger partial charge is 0.124 e. The van der Waals surface area contributed by atoms with E-state index in [4.69, 9.17) is 0 Å². The predicted octanol–water partition coefficient (Wildman–Crippen LogP) is 6.02. The molecule has 0 radical (unpaired) electrons. The maximum absolute atomic E-state index is 14.1. The third-order valence-electron chi connectivity index (χ3n) is 5.16. The molecule has 0 heterocycles. The summed E-state index contributed by atoms with van der Waals surface area (Å²) in [6.07, 6.45) is 23.3. The molecule has 0 fully saturated rings. The quantitative estimate of drug-likeness (QED) is 0.458. The van der Waals surface area contributed by atoms with Gasteiger partial charge in [0.25, 0.3) is 0 Å². The van der Waals surface area contributed by atoms with E-state index in [9.17, 15) is 4.57 Å². The summed E-state index contributed by atoms with van der Waals surface area (Å²) in [4.78, 5) is 0. The SMILES string of the molecule is O=P(C1=CCCCC1)(C1C=CCCC1)C1C=CCCC1. The van der Waals surface area contributed by atoms with E-state index in [0.717, 1.165) is 25.7 Å². The first-order valence-electron chi connectivity index (χ1n) is 8.44. The topological polar surface area (TPSA) is 17.1 Å². The third-order valence-corrected chi connectivity index (χ3v) is 9.29. The number of hydrogen-bond acceptors (Lipinski definition) is 1. The maximum atomic E-state index is 14.1. The van der Waals surface area contributed by atoms with E-state index < -0.39 is 7.14 Å². The van der Waals surface area contributed by atoms with Crippen molar-refractivity contribution in [2.45, 2.75) is 75.5 Å². The van der Waals surface area contributed by atoms with Gasteiger partial charge in [-0.15, -0.1) is 0 Å². The Morgan fingerprint density at radius 3 is 1.95 bits per heavy atom. The van der Waals surface area contributed by atoms with Gasteiger partial charge in [0.15, 0.2) is 0 Å². The van der Waals surface area contributed by atoms with Crippen molar-refractivity contribution in [3.8, 4) is 0 Å². The van der Waals surface area contributed by atoms with Crippen molar-refractivity contribution < 1.29 is 4.57 Å². The first-order chi connectivity index (χ1) is 9.82. The summed E-state index contributed by atoms with van der Waals surface area (Å²) >= 11 is 0. The van der Waals surface area contributed by atoms with E-state index in [1.54, 1.807) is 0 Å². The second-order valence-electron chi connectivity index (χ2n) is 6.50. The average Bonchev–Trinajstić information content (AvgIpc) is 2.56. The lowest BCUT2D eigenvalue weighted by molar-refractivity contribution is 0.548. The molecule has 0 amide bonds. The minimum Gasteiger partial charge on any atom is -0.318 e. The number of rotatable bonds is 3. The molecule has 0 aromatic heterocycles. The molecule has 0 bridgehead atoms. The van der Waals surface area contributed by atoms with Crippen LogP contribution >= 0.6 is 7.14 Å². The summed E-state index contributed by atoms with van der Waals surface area (Å²) in [6, 6.07) is 0. The van der Waals surface area contributed by atoms with Gasteiger partial charge in [0.2, 0.25) is 0 Å². The summed E-state index contributed by atoms with van der Waals surface area (Å²) in [6.45, 7) is 0. The maximum Gasteiger partial charge on any atom is 0.124 e. The van der Waals surface area contributed by atoms with Gasteiger partial charge in [-0.1, -0.05) is 30.4 Å². The Morgan fingerprint density at radius 2 is 1.50 bits per heavy atom. The largest absolute Gasteiger partial charge is 0.318 e. The van der Waals surface area contributed by atoms with Gasteiger partial charge in [-0.3, -0.25) is 0 Å². The summed E-state index contributed by atoms with van der Waals surface area (Å²) in [7, 11) is -2.26. The van der Waals surface area contributed by atoms with Gasteiger partial charge < -0.3 is 4.57 Å². The Hall–Kier alpha value is -0.550. The normalized spacial score (nSPS) is 33.5. The highest BCUT2D eigenvalue weighted by Gasteiger charge is 2.41. The Bertz CT molecular complexity index is 444. The van der Waals surface area contributed by atoms with Gasteiger partial charge in [-0.25, -0.2) is 0 Å². The molecule has 2 atom stereocenters. The van der Waals surface area contributed by atoms with E-state index in [-0.39, 0.29) is 0 Å². The van der Waals surface area contributed by atoms with E-state index in [1.807, 2.05) is 0 Å². The lowest BCUT2D eigenvalue weighted by atomic mass is 10.1. The molecule has 3 aliphatic carbocycles. The van der Waals surface area contributed by atoms with Crippen LogP contribution in [0.25, 0.3) is 0 Å². The second-order valence-corrected chi connectivity index (χ2v) is 9.82. The number of hydrogen-bond donors (Lipinski definition) is 0. The first kappa shape index (κ1) is 14.4. The first-order valence-corrected chi connectivity index (χ1v) is 10.3. The van der Waals surface area contributed by atoms with Gasteiger partial charge in [0.1, 0.15) is 7.14 Å². The summed E-state index contributed by atoms with van der Waals surface area (Å²) in [5, 5.41) is 1.34. The van der Waals surface area contributed by atoms with Crippen molar-refractivity contribution in [1.29, 1.82) is 0 Å². The predicted molar refractivity (Wildman–Crippen MR) is 87.7 cm³/mol. The molecule has 3 aliphatic rings. The van der Waals surface area contributed by atoms with Crippen LogP contribution in [0.15, 0.2) is 35.7 Å². The molecule has 0 aliphatic heterocycles. The van der Waals surface area contributed by atoms with E-state index >= 15 is 0 Å². The van der Waals surface area contributed by atoms with Crippen LogP contribution in [0.4, 0.5) is 0 Å². The van der Waals surface area contributed by atoms with Crippen LogP contribution < -0.4 is 0 Å². The fraction of sp³-hybridized carbons (Fsp3) is 0.667. The van der Waals surface area contributed by atoms with Crippen LogP contribution in [-0.4, -0.2) is 11.3 Å². The molecule has 2 heteroatoms.